The molecular weight excluding hydrogens is 158 g/mol. The van der Waals surface area contributed by atoms with Gasteiger partial charge in [-0.3, -0.25) is 0 Å². The van der Waals surface area contributed by atoms with Crippen molar-refractivity contribution < 1.29 is 0 Å². The highest BCUT2D eigenvalue weighted by Crippen LogP contribution is 2.24. The molecule has 1 heteroatoms. The van der Waals surface area contributed by atoms with Crippen LogP contribution in [-0.4, -0.2) is 0 Å². The number of benzene rings is 1. The van der Waals surface area contributed by atoms with Crippen LogP contribution in [0.4, 0.5) is 0 Å². The second kappa shape index (κ2) is 3.51. The number of rotatable bonds is 2. The summed E-state index contributed by atoms with van der Waals surface area (Å²) in [6.07, 6.45) is 0.969. The Labute approximate surface area is 81.0 Å². The van der Waals surface area contributed by atoms with E-state index in [0.29, 0.717) is 0 Å². The van der Waals surface area contributed by atoms with Crippen LogP contribution in [0.1, 0.15) is 37.0 Å². The summed E-state index contributed by atoms with van der Waals surface area (Å²) in [7, 11) is 0. The van der Waals surface area contributed by atoms with Crippen molar-refractivity contribution in [2.45, 2.75) is 39.7 Å². The molecule has 1 atom stereocenters. The van der Waals surface area contributed by atoms with E-state index in [2.05, 4.69) is 45.9 Å². The lowest BCUT2D eigenvalue weighted by Gasteiger charge is -2.25. The lowest BCUT2D eigenvalue weighted by molar-refractivity contribution is 0.474. The van der Waals surface area contributed by atoms with E-state index in [1.54, 1.807) is 0 Å². The smallest absolute Gasteiger partial charge is 0.0381 e. The fourth-order valence-electron chi connectivity index (χ4n) is 1.64. The summed E-state index contributed by atoms with van der Waals surface area (Å²) in [5.74, 6) is 0. The van der Waals surface area contributed by atoms with Crippen LogP contribution in [-0.2, 0) is 5.54 Å². The first-order chi connectivity index (χ1) is 5.97. The van der Waals surface area contributed by atoms with E-state index in [9.17, 15) is 0 Å². The van der Waals surface area contributed by atoms with Crippen molar-refractivity contribution in [3.63, 3.8) is 0 Å². The minimum Gasteiger partial charge on any atom is -0.322 e. The van der Waals surface area contributed by atoms with Gasteiger partial charge < -0.3 is 5.73 Å². The molecule has 2 N–H and O–H groups in total. The van der Waals surface area contributed by atoms with Crippen molar-refractivity contribution in [1.29, 1.82) is 0 Å². The Kier molecular flexibility index (Phi) is 2.77. The van der Waals surface area contributed by atoms with Crippen LogP contribution >= 0.6 is 0 Å². The van der Waals surface area contributed by atoms with Gasteiger partial charge in [-0.2, -0.15) is 0 Å². The molecule has 0 radical (unpaired) electrons. The van der Waals surface area contributed by atoms with Crippen molar-refractivity contribution in [3.05, 3.63) is 34.9 Å². The zero-order chi connectivity index (χ0) is 10.1. The lowest BCUT2D eigenvalue weighted by Crippen LogP contribution is -2.32. The second-order valence-electron chi connectivity index (χ2n) is 4.09. The third kappa shape index (κ3) is 2.10. The van der Waals surface area contributed by atoms with Gasteiger partial charge in [0.25, 0.3) is 0 Å². The molecule has 0 amide bonds. The molecule has 0 aliphatic carbocycles. The predicted octanol–water partition coefficient (Wildman–Crippen LogP) is 2.89. The number of hydrogen-bond donors (Lipinski definition) is 1. The Balaban J connectivity index is 3.16. The molecule has 0 bridgehead atoms. The van der Waals surface area contributed by atoms with Gasteiger partial charge in [0.2, 0.25) is 0 Å². The van der Waals surface area contributed by atoms with Crippen LogP contribution in [0.25, 0.3) is 0 Å². The van der Waals surface area contributed by atoms with Crippen molar-refractivity contribution >= 4 is 0 Å². The normalized spacial score (nSPS) is 15.5. The Hall–Kier alpha value is -0.820. The molecule has 0 fully saturated rings. The first-order valence-corrected chi connectivity index (χ1v) is 4.84. The molecule has 0 saturated heterocycles. The van der Waals surface area contributed by atoms with Crippen molar-refractivity contribution in [1.82, 2.24) is 0 Å². The Morgan fingerprint density at radius 2 is 1.92 bits per heavy atom. The Bertz CT molecular complexity index is 300. The third-order valence-electron chi connectivity index (χ3n) is 2.73. The molecule has 0 aromatic heterocycles. The summed E-state index contributed by atoms with van der Waals surface area (Å²) in [6, 6.07) is 6.47. The van der Waals surface area contributed by atoms with Crippen LogP contribution < -0.4 is 5.73 Å². The fourth-order valence-corrected chi connectivity index (χ4v) is 1.64. The van der Waals surface area contributed by atoms with Crippen molar-refractivity contribution in [3.8, 4) is 0 Å². The average molecular weight is 177 g/mol. The van der Waals surface area contributed by atoms with E-state index in [1.165, 1.54) is 16.7 Å². The van der Waals surface area contributed by atoms with Crippen LogP contribution in [0, 0.1) is 13.8 Å². The van der Waals surface area contributed by atoms with Crippen LogP contribution in [0.15, 0.2) is 18.2 Å². The van der Waals surface area contributed by atoms with E-state index in [4.69, 9.17) is 5.73 Å². The van der Waals surface area contributed by atoms with E-state index >= 15 is 0 Å². The molecule has 0 saturated carbocycles. The van der Waals surface area contributed by atoms with Crippen LogP contribution in [0.2, 0.25) is 0 Å². The Morgan fingerprint density at radius 1 is 1.31 bits per heavy atom. The lowest BCUT2D eigenvalue weighted by atomic mass is 9.87. The summed E-state index contributed by atoms with van der Waals surface area (Å²) in [5.41, 5.74) is 9.87. The summed E-state index contributed by atoms with van der Waals surface area (Å²) in [6.45, 7) is 8.45. The average Bonchev–Trinajstić information content (AvgIpc) is 2.03. The van der Waals surface area contributed by atoms with E-state index < -0.39 is 0 Å². The van der Waals surface area contributed by atoms with Gasteiger partial charge in [-0.25, -0.2) is 0 Å². The molecule has 0 aliphatic heterocycles. The molecule has 0 heterocycles. The highest BCUT2D eigenvalue weighted by atomic mass is 14.7. The van der Waals surface area contributed by atoms with E-state index in [0.717, 1.165) is 6.42 Å². The summed E-state index contributed by atoms with van der Waals surface area (Å²) in [4.78, 5) is 0. The van der Waals surface area contributed by atoms with Gasteiger partial charge >= 0.3 is 0 Å². The highest BCUT2D eigenvalue weighted by Gasteiger charge is 2.19. The zero-order valence-electron chi connectivity index (χ0n) is 9.02. The zero-order valence-corrected chi connectivity index (χ0v) is 9.02. The van der Waals surface area contributed by atoms with Gasteiger partial charge in [0.05, 0.1) is 0 Å². The summed E-state index contributed by atoms with van der Waals surface area (Å²) >= 11 is 0. The predicted molar refractivity (Wildman–Crippen MR) is 57.7 cm³/mol. The van der Waals surface area contributed by atoms with E-state index in [-0.39, 0.29) is 5.54 Å². The largest absolute Gasteiger partial charge is 0.322 e. The Morgan fingerprint density at radius 3 is 2.38 bits per heavy atom. The maximum atomic E-state index is 6.19. The molecule has 1 nitrogen and oxygen atoms in total. The third-order valence-corrected chi connectivity index (χ3v) is 2.73. The van der Waals surface area contributed by atoms with Gasteiger partial charge in [-0.05, 0) is 38.3 Å². The number of nitrogens with two attached hydrogens (primary N) is 1. The van der Waals surface area contributed by atoms with Crippen molar-refractivity contribution in [2.24, 2.45) is 5.73 Å². The molecule has 0 spiro atoms. The highest BCUT2D eigenvalue weighted by molar-refractivity contribution is 5.35. The summed E-state index contributed by atoms with van der Waals surface area (Å²) < 4.78 is 0. The maximum absolute atomic E-state index is 6.19. The first-order valence-electron chi connectivity index (χ1n) is 4.84. The molecular formula is C12H19N. The van der Waals surface area contributed by atoms with Gasteiger partial charge in [0, 0.05) is 5.54 Å². The fraction of sp³-hybridized carbons (Fsp3) is 0.500. The second-order valence-corrected chi connectivity index (χ2v) is 4.09. The van der Waals surface area contributed by atoms with Gasteiger partial charge in [0.1, 0.15) is 0 Å². The standard InChI is InChI=1S/C12H19N/c1-5-12(4,13)11-7-6-9(2)8-10(11)3/h6-8H,5,13H2,1-4H3. The minimum atomic E-state index is -0.183. The molecule has 1 aromatic carbocycles. The molecule has 13 heavy (non-hydrogen) atoms. The van der Waals surface area contributed by atoms with E-state index in [1.807, 2.05) is 0 Å². The molecule has 1 unspecified atom stereocenters. The monoisotopic (exact) mass is 177 g/mol. The number of aryl methyl sites for hydroxylation is 2. The quantitative estimate of drug-likeness (QED) is 0.738. The van der Waals surface area contributed by atoms with Gasteiger partial charge in [-0.1, -0.05) is 30.7 Å². The van der Waals surface area contributed by atoms with Gasteiger partial charge in [-0.15, -0.1) is 0 Å². The van der Waals surface area contributed by atoms with Crippen LogP contribution in [0.5, 0.6) is 0 Å². The summed E-state index contributed by atoms with van der Waals surface area (Å²) in [5, 5.41) is 0. The molecule has 72 valence electrons. The van der Waals surface area contributed by atoms with Crippen molar-refractivity contribution in [2.75, 3.05) is 0 Å². The first kappa shape index (κ1) is 10.3. The van der Waals surface area contributed by atoms with Crippen LogP contribution in [0.3, 0.4) is 0 Å². The minimum absolute atomic E-state index is 0.183. The topological polar surface area (TPSA) is 26.0 Å². The maximum Gasteiger partial charge on any atom is 0.0381 e. The molecule has 0 aliphatic rings. The molecule has 1 rings (SSSR count). The SMILES string of the molecule is CCC(C)(N)c1ccc(C)cc1C. The molecule has 1 aromatic rings. The van der Waals surface area contributed by atoms with Gasteiger partial charge in [0.15, 0.2) is 0 Å². The number of hydrogen-bond acceptors (Lipinski definition) is 1.